The van der Waals surface area contributed by atoms with Crippen LogP contribution in [-0.2, 0) is 4.79 Å². The van der Waals surface area contributed by atoms with Gasteiger partial charge in [-0.05, 0) is 44.9 Å². The molecule has 7 heteroatoms. The summed E-state index contributed by atoms with van der Waals surface area (Å²) >= 11 is 0. The molecule has 2 fully saturated rings. The first-order valence-electron chi connectivity index (χ1n) is 10.8. The number of piperidine rings is 1. The first-order valence-corrected chi connectivity index (χ1v) is 10.8. The lowest BCUT2D eigenvalue weighted by molar-refractivity contribution is -0.133. The quantitative estimate of drug-likeness (QED) is 0.747. The van der Waals surface area contributed by atoms with Gasteiger partial charge in [-0.2, -0.15) is 0 Å². The molecule has 1 aromatic heterocycles. The highest BCUT2D eigenvalue weighted by Gasteiger charge is 2.21. The molecule has 2 saturated heterocycles. The number of benzene rings is 1. The molecule has 0 spiro atoms. The van der Waals surface area contributed by atoms with E-state index in [1.54, 1.807) is 6.33 Å². The van der Waals surface area contributed by atoms with Crippen LogP contribution >= 0.6 is 0 Å². The van der Waals surface area contributed by atoms with Crippen LogP contribution in [0.2, 0.25) is 0 Å². The number of piperazine rings is 1. The standard InChI is InChI=1S/C22H31N5O2/c1-17(2)29-22-19-15-18(6-7-20(19)23-16-24-22)26-12-9-25(10-13-26)11-14-27-8-4-3-5-21(27)28/h6-7,15-17H,3-5,8-14H2,1-2H3. The average molecular weight is 398 g/mol. The predicted octanol–water partition coefficient (Wildman–Crippen LogP) is 2.55. The minimum atomic E-state index is 0.0760. The Labute approximate surface area is 172 Å². The Morgan fingerprint density at radius 2 is 1.86 bits per heavy atom. The summed E-state index contributed by atoms with van der Waals surface area (Å²) in [5.74, 6) is 0.976. The van der Waals surface area contributed by atoms with Gasteiger partial charge >= 0.3 is 0 Å². The van der Waals surface area contributed by atoms with Crippen LogP contribution in [0.4, 0.5) is 5.69 Å². The highest BCUT2D eigenvalue weighted by Crippen LogP contribution is 2.28. The zero-order chi connectivity index (χ0) is 20.2. The van der Waals surface area contributed by atoms with Crippen LogP contribution in [0.1, 0.15) is 33.1 Å². The number of fused-ring (bicyclic) bond motifs is 1. The van der Waals surface area contributed by atoms with Crippen molar-refractivity contribution in [3.63, 3.8) is 0 Å². The Bertz CT molecular complexity index is 848. The molecule has 1 aromatic carbocycles. The number of carbonyl (C=O) groups excluding carboxylic acids is 1. The number of aromatic nitrogens is 2. The van der Waals surface area contributed by atoms with E-state index in [-0.39, 0.29) is 6.10 Å². The maximum atomic E-state index is 12.0. The molecule has 0 unspecified atom stereocenters. The summed E-state index contributed by atoms with van der Waals surface area (Å²) in [5.41, 5.74) is 2.09. The van der Waals surface area contributed by atoms with Crippen molar-refractivity contribution in [2.45, 2.75) is 39.2 Å². The molecule has 156 valence electrons. The van der Waals surface area contributed by atoms with Gasteiger partial charge in [-0.25, -0.2) is 9.97 Å². The minimum absolute atomic E-state index is 0.0760. The molecule has 0 bridgehead atoms. The monoisotopic (exact) mass is 397 g/mol. The largest absolute Gasteiger partial charge is 0.474 e. The molecule has 7 nitrogen and oxygen atoms in total. The maximum absolute atomic E-state index is 12.0. The SMILES string of the molecule is CC(C)Oc1ncnc2ccc(N3CCN(CCN4CCCCC4=O)CC3)cc12. The second kappa shape index (κ2) is 8.95. The van der Waals surface area contributed by atoms with Gasteiger partial charge in [0.1, 0.15) is 6.33 Å². The zero-order valence-electron chi connectivity index (χ0n) is 17.5. The van der Waals surface area contributed by atoms with E-state index in [1.165, 1.54) is 5.69 Å². The summed E-state index contributed by atoms with van der Waals surface area (Å²) in [7, 11) is 0. The number of likely N-dealkylation sites (tertiary alicyclic amines) is 1. The van der Waals surface area contributed by atoms with E-state index < -0.39 is 0 Å². The summed E-state index contributed by atoms with van der Waals surface area (Å²) in [6.45, 7) is 10.8. The van der Waals surface area contributed by atoms with Gasteiger partial charge in [0.2, 0.25) is 11.8 Å². The second-order valence-electron chi connectivity index (χ2n) is 8.21. The van der Waals surface area contributed by atoms with Crippen molar-refractivity contribution in [2.75, 3.05) is 50.7 Å². The van der Waals surface area contributed by atoms with Crippen molar-refractivity contribution < 1.29 is 9.53 Å². The molecule has 0 aliphatic carbocycles. The molecule has 0 radical (unpaired) electrons. The Morgan fingerprint density at radius 1 is 1.03 bits per heavy atom. The third-order valence-electron chi connectivity index (χ3n) is 5.77. The summed E-state index contributed by atoms with van der Waals surface area (Å²) in [6.07, 6.45) is 4.56. The Morgan fingerprint density at radius 3 is 2.62 bits per heavy atom. The number of rotatable bonds is 6. The highest BCUT2D eigenvalue weighted by molar-refractivity contribution is 5.86. The predicted molar refractivity (Wildman–Crippen MR) is 114 cm³/mol. The lowest BCUT2D eigenvalue weighted by Gasteiger charge is -2.37. The smallest absolute Gasteiger partial charge is 0.224 e. The molecule has 1 amide bonds. The van der Waals surface area contributed by atoms with Gasteiger partial charge in [0.15, 0.2) is 0 Å². The number of carbonyl (C=O) groups is 1. The number of hydrogen-bond acceptors (Lipinski definition) is 6. The van der Waals surface area contributed by atoms with Crippen molar-refractivity contribution in [2.24, 2.45) is 0 Å². The number of anilines is 1. The van der Waals surface area contributed by atoms with Gasteiger partial charge in [-0.3, -0.25) is 9.69 Å². The van der Waals surface area contributed by atoms with Crippen molar-refractivity contribution in [1.29, 1.82) is 0 Å². The van der Waals surface area contributed by atoms with Crippen molar-refractivity contribution in [1.82, 2.24) is 19.8 Å². The topological polar surface area (TPSA) is 61.8 Å². The van der Waals surface area contributed by atoms with E-state index in [4.69, 9.17) is 4.74 Å². The maximum Gasteiger partial charge on any atom is 0.224 e. The number of amides is 1. The van der Waals surface area contributed by atoms with Crippen LogP contribution in [0, 0.1) is 0 Å². The fourth-order valence-corrected chi connectivity index (χ4v) is 4.12. The van der Waals surface area contributed by atoms with Gasteiger partial charge in [0.25, 0.3) is 0 Å². The molecule has 2 aliphatic heterocycles. The Balaban J connectivity index is 1.36. The molecule has 0 saturated carbocycles. The third kappa shape index (κ3) is 4.78. The van der Waals surface area contributed by atoms with E-state index in [0.29, 0.717) is 11.8 Å². The lowest BCUT2D eigenvalue weighted by atomic mass is 10.1. The summed E-state index contributed by atoms with van der Waals surface area (Å²) in [5, 5.41) is 0.963. The van der Waals surface area contributed by atoms with Crippen molar-refractivity contribution >= 4 is 22.5 Å². The molecular weight excluding hydrogens is 366 g/mol. The molecule has 4 rings (SSSR count). The van der Waals surface area contributed by atoms with Gasteiger partial charge in [0.05, 0.1) is 17.0 Å². The fourth-order valence-electron chi connectivity index (χ4n) is 4.12. The molecular formula is C22H31N5O2. The van der Waals surface area contributed by atoms with E-state index >= 15 is 0 Å². The van der Waals surface area contributed by atoms with Gasteiger partial charge in [0, 0.05) is 57.9 Å². The normalized spacial score (nSPS) is 18.7. The van der Waals surface area contributed by atoms with Crippen LogP contribution in [0.3, 0.4) is 0 Å². The fraction of sp³-hybridized carbons (Fsp3) is 0.591. The molecule has 3 heterocycles. The molecule has 29 heavy (non-hydrogen) atoms. The van der Waals surface area contributed by atoms with E-state index in [1.807, 2.05) is 24.8 Å². The van der Waals surface area contributed by atoms with Crippen molar-refractivity contribution in [3.05, 3.63) is 24.5 Å². The number of nitrogens with zero attached hydrogens (tertiary/aromatic N) is 5. The summed E-state index contributed by atoms with van der Waals surface area (Å²) in [4.78, 5) is 27.6. The second-order valence-corrected chi connectivity index (χ2v) is 8.21. The minimum Gasteiger partial charge on any atom is -0.474 e. The van der Waals surface area contributed by atoms with E-state index in [0.717, 1.165) is 76.0 Å². The van der Waals surface area contributed by atoms with Crippen LogP contribution in [0.15, 0.2) is 24.5 Å². The van der Waals surface area contributed by atoms with Crippen molar-refractivity contribution in [3.8, 4) is 5.88 Å². The zero-order valence-corrected chi connectivity index (χ0v) is 17.5. The third-order valence-corrected chi connectivity index (χ3v) is 5.77. The summed E-state index contributed by atoms with van der Waals surface area (Å²) < 4.78 is 5.88. The van der Waals surface area contributed by atoms with E-state index in [9.17, 15) is 4.79 Å². The molecule has 0 N–H and O–H groups in total. The number of hydrogen-bond donors (Lipinski definition) is 0. The highest BCUT2D eigenvalue weighted by atomic mass is 16.5. The van der Waals surface area contributed by atoms with Gasteiger partial charge in [-0.1, -0.05) is 0 Å². The average Bonchev–Trinajstić information content (AvgIpc) is 2.73. The lowest BCUT2D eigenvalue weighted by Crippen LogP contribution is -2.49. The molecule has 0 atom stereocenters. The van der Waals surface area contributed by atoms with Gasteiger partial charge in [-0.15, -0.1) is 0 Å². The Hall–Kier alpha value is -2.41. The van der Waals surface area contributed by atoms with Gasteiger partial charge < -0.3 is 14.5 Å². The first kappa shape index (κ1) is 19.9. The Kier molecular flexibility index (Phi) is 6.13. The molecule has 2 aromatic rings. The molecule has 2 aliphatic rings. The van der Waals surface area contributed by atoms with E-state index in [2.05, 4.69) is 31.9 Å². The first-order chi connectivity index (χ1) is 14.1. The van der Waals surface area contributed by atoms with Crippen LogP contribution in [0.5, 0.6) is 5.88 Å². The number of ether oxygens (including phenoxy) is 1. The summed E-state index contributed by atoms with van der Waals surface area (Å²) in [6, 6.07) is 6.33. The van der Waals surface area contributed by atoms with Crippen LogP contribution < -0.4 is 9.64 Å². The van der Waals surface area contributed by atoms with Crippen LogP contribution in [0.25, 0.3) is 10.9 Å². The van der Waals surface area contributed by atoms with Crippen LogP contribution in [-0.4, -0.2) is 77.6 Å².